The molecule has 8 nitrogen and oxygen atoms in total. The zero-order chi connectivity index (χ0) is 26.8. The molecule has 3 heterocycles. The van der Waals surface area contributed by atoms with Gasteiger partial charge < -0.3 is 20.2 Å². The van der Waals surface area contributed by atoms with Crippen LogP contribution >= 0.6 is 11.6 Å². The highest BCUT2D eigenvalue weighted by molar-refractivity contribution is 6.34. The predicted molar refractivity (Wildman–Crippen MR) is 142 cm³/mol. The second-order valence-corrected chi connectivity index (χ2v) is 9.03. The summed E-state index contributed by atoms with van der Waals surface area (Å²) in [6, 6.07) is 10.6. The number of carbonyl (C=O) groups excluding carboxylic acids is 1. The monoisotopic (exact) mass is 536 g/mol. The van der Waals surface area contributed by atoms with Crippen LogP contribution in [0.3, 0.4) is 0 Å². The van der Waals surface area contributed by atoms with E-state index in [1.54, 1.807) is 23.2 Å². The van der Waals surface area contributed by atoms with Crippen LogP contribution in [-0.4, -0.2) is 57.0 Å². The molecule has 2 aromatic carbocycles. The van der Waals surface area contributed by atoms with Crippen LogP contribution in [0.15, 0.2) is 61.3 Å². The van der Waals surface area contributed by atoms with Crippen molar-refractivity contribution in [3.8, 4) is 16.9 Å². The molecule has 5 rings (SSSR count). The molecule has 194 valence electrons. The molecule has 2 N–H and O–H groups in total. The molecule has 11 heteroatoms. The molecule has 2 aromatic heterocycles. The van der Waals surface area contributed by atoms with Gasteiger partial charge in [0.25, 0.3) is 0 Å². The minimum absolute atomic E-state index is 0.0699. The summed E-state index contributed by atoms with van der Waals surface area (Å²) in [4.78, 5) is 29.0. The highest BCUT2D eigenvalue weighted by atomic mass is 35.5. The van der Waals surface area contributed by atoms with Gasteiger partial charge in [-0.05, 0) is 36.4 Å². The van der Waals surface area contributed by atoms with Gasteiger partial charge in [-0.3, -0.25) is 4.79 Å². The van der Waals surface area contributed by atoms with Crippen molar-refractivity contribution in [2.45, 2.75) is 6.54 Å². The number of pyridine rings is 1. The Hall–Kier alpha value is -4.31. The Balaban J connectivity index is 1.62. The quantitative estimate of drug-likeness (QED) is 0.343. The van der Waals surface area contributed by atoms with Crippen molar-refractivity contribution >= 4 is 40.0 Å². The molecule has 0 aliphatic carbocycles. The molecule has 38 heavy (non-hydrogen) atoms. The summed E-state index contributed by atoms with van der Waals surface area (Å²) >= 11 is 6.49. The fourth-order valence-electron chi connectivity index (χ4n) is 4.44. The first-order chi connectivity index (χ1) is 18.4. The smallest absolute Gasteiger partial charge is 0.246 e. The fraction of sp³-hybridized carbons (Fsp3) is 0.185. The number of anilines is 2. The summed E-state index contributed by atoms with van der Waals surface area (Å²) in [6.07, 6.45) is 2.90. The van der Waals surface area contributed by atoms with E-state index in [-0.39, 0.29) is 39.9 Å². The Labute approximate surface area is 222 Å². The lowest BCUT2D eigenvalue weighted by molar-refractivity contribution is -0.126. The predicted octanol–water partition coefficient (Wildman–Crippen LogP) is 4.78. The summed E-state index contributed by atoms with van der Waals surface area (Å²) < 4.78 is 30.8. The van der Waals surface area contributed by atoms with Crippen LogP contribution < -0.4 is 10.2 Å². The van der Waals surface area contributed by atoms with Crippen molar-refractivity contribution in [2.24, 2.45) is 0 Å². The number of hydrogen-bond acceptors (Lipinski definition) is 7. The van der Waals surface area contributed by atoms with Crippen molar-refractivity contribution in [3.63, 3.8) is 0 Å². The van der Waals surface area contributed by atoms with Crippen molar-refractivity contribution in [2.75, 3.05) is 36.4 Å². The van der Waals surface area contributed by atoms with Gasteiger partial charge in [0.15, 0.2) is 11.6 Å². The molecule has 1 aliphatic heterocycles. The maximum absolute atomic E-state index is 16.1. The third-order valence-electron chi connectivity index (χ3n) is 6.31. The van der Waals surface area contributed by atoms with E-state index in [2.05, 4.69) is 21.9 Å². The molecule has 1 amide bonds. The number of rotatable bonds is 6. The molecular weight excluding hydrogens is 514 g/mol. The van der Waals surface area contributed by atoms with E-state index in [4.69, 9.17) is 16.6 Å². The van der Waals surface area contributed by atoms with Crippen LogP contribution in [-0.2, 0) is 11.3 Å². The molecule has 0 radical (unpaired) electrons. The second kappa shape index (κ2) is 10.6. The van der Waals surface area contributed by atoms with Gasteiger partial charge in [-0.15, -0.1) is 0 Å². The van der Waals surface area contributed by atoms with E-state index in [1.165, 1.54) is 24.3 Å². The van der Waals surface area contributed by atoms with Gasteiger partial charge in [0.1, 0.15) is 28.7 Å². The van der Waals surface area contributed by atoms with Crippen LogP contribution in [0.25, 0.3) is 22.0 Å². The average Bonchev–Trinajstić information content (AvgIpc) is 2.93. The second-order valence-electron chi connectivity index (χ2n) is 8.63. The number of piperazine rings is 1. The van der Waals surface area contributed by atoms with Gasteiger partial charge in [-0.25, -0.2) is 23.7 Å². The van der Waals surface area contributed by atoms with Gasteiger partial charge in [0.05, 0.1) is 17.1 Å². The highest BCUT2D eigenvalue weighted by Gasteiger charge is 2.27. The third-order valence-corrected chi connectivity index (χ3v) is 6.61. The Morgan fingerprint density at radius 1 is 1.11 bits per heavy atom. The largest absolute Gasteiger partial charge is 0.507 e. The number of phenols is 1. The number of aromatic nitrogens is 3. The first kappa shape index (κ1) is 25.3. The standard InChI is InChI=1S/C27H23ClF2N6O2/c1-2-22(38)35-10-12-36(13-11-35)27-16-14-17(28)23(24-18(29)6-5-7-19(24)37)25(30)26(16)33-21(34-27)15-32-20-8-3-4-9-31-20/h2-9,14,37H,1,10-13,15H2,(H,31,32). The topological polar surface area (TPSA) is 94.5 Å². The van der Waals surface area contributed by atoms with Crippen molar-refractivity contribution < 1.29 is 18.7 Å². The maximum atomic E-state index is 16.1. The number of amides is 1. The van der Waals surface area contributed by atoms with E-state index in [1.807, 2.05) is 11.0 Å². The van der Waals surface area contributed by atoms with Gasteiger partial charge in [-0.1, -0.05) is 30.3 Å². The van der Waals surface area contributed by atoms with E-state index in [0.29, 0.717) is 43.2 Å². The molecule has 0 spiro atoms. The number of carbonyl (C=O) groups is 1. The molecule has 1 aliphatic rings. The van der Waals surface area contributed by atoms with E-state index in [9.17, 15) is 14.3 Å². The van der Waals surface area contributed by atoms with Crippen molar-refractivity contribution in [1.82, 2.24) is 19.9 Å². The van der Waals surface area contributed by atoms with Crippen LogP contribution in [0, 0.1) is 11.6 Å². The number of fused-ring (bicyclic) bond motifs is 1. The minimum atomic E-state index is -0.879. The van der Waals surface area contributed by atoms with Gasteiger partial charge in [-0.2, -0.15) is 0 Å². The lowest BCUT2D eigenvalue weighted by atomic mass is 10.0. The van der Waals surface area contributed by atoms with E-state index < -0.39 is 17.4 Å². The Morgan fingerprint density at radius 3 is 2.58 bits per heavy atom. The zero-order valence-electron chi connectivity index (χ0n) is 20.2. The summed E-state index contributed by atoms with van der Waals surface area (Å²) in [5, 5.41) is 13.7. The molecule has 0 unspecified atom stereocenters. The first-order valence-electron chi connectivity index (χ1n) is 11.8. The van der Waals surface area contributed by atoms with Crippen LogP contribution in [0.4, 0.5) is 20.4 Å². The third kappa shape index (κ3) is 4.82. The number of hydrogen-bond donors (Lipinski definition) is 2. The van der Waals surface area contributed by atoms with Crippen LogP contribution in [0.5, 0.6) is 5.75 Å². The molecular formula is C27H23ClF2N6O2. The van der Waals surface area contributed by atoms with Gasteiger partial charge >= 0.3 is 0 Å². The number of phenolic OH excluding ortho intramolecular Hbond substituents is 1. The number of benzene rings is 2. The van der Waals surface area contributed by atoms with Crippen LogP contribution in [0.1, 0.15) is 5.82 Å². The lowest BCUT2D eigenvalue weighted by Gasteiger charge is -2.35. The zero-order valence-corrected chi connectivity index (χ0v) is 20.9. The SMILES string of the molecule is C=CC(=O)N1CCN(c2nc(CNc3ccccn3)nc3c(F)c(-c4c(O)cccc4F)c(Cl)cc23)CC1. The summed E-state index contributed by atoms with van der Waals surface area (Å²) in [5.41, 5.74) is -0.703. The van der Waals surface area contributed by atoms with Gasteiger partial charge in [0, 0.05) is 43.3 Å². The fourth-order valence-corrected chi connectivity index (χ4v) is 4.73. The normalized spacial score (nSPS) is 13.6. The number of nitrogens with one attached hydrogen (secondary N) is 1. The Kier molecular flexibility index (Phi) is 7.06. The van der Waals surface area contributed by atoms with E-state index in [0.717, 1.165) is 6.07 Å². The molecule has 0 atom stereocenters. The van der Waals surface area contributed by atoms with Crippen molar-refractivity contribution in [3.05, 3.63) is 83.8 Å². The summed E-state index contributed by atoms with van der Waals surface area (Å²) in [6.45, 7) is 5.40. The van der Waals surface area contributed by atoms with Crippen molar-refractivity contribution in [1.29, 1.82) is 0 Å². The average molecular weight is 537 g/mol. The number of aromatic hydroxyl groups is 1. The molecule has 1 fully saturated rings. The number of halogens is 3. The highest BCUT2D eigenvalue weighted by Crippen LogP contribution is 2.42. The molecule has 1 saturated heterocycles. The Bertz CT molecular complexity index is 1510. The molecule has 0 saturated carbocycles. The van der Waals surface area contributed by atoms with E-state index >= 15 is 4.39 Å². The molecule has 0 bridgehead atoms. The van der Waals surface area contributed by atoms with Gasteiger partial charge in [0.2, 0.25) is 5.91 Å². The lowest BCUT2D eigenvalue weighted by Crippen LogP contribution is -2.48. The summed E-state index contributed by atoms with van der Waals surface area (Å²) in [7, 11) is 0. The first-order valence-corrected chi connectivity index (χ1v) is 12.2. The Morgan fingerprint density at radius 2 is 1.89 bits per heavy atom. The molecule has 4 aromatic rings. The number of nitrogens with zero attached hydrogens (tertiary/aromatic N) is 5. The minimum Gasteiger partial charge on any atom is -0.507 e. The van der Waals surface area contributed by atoms with Crippen LogP contribution in [0.2, 0.25) is 5.02 Å². The maximum Gasteiger partial charge on any atom is 0.246 e. The summed E-state index contributed by atoms with van der Waals surface area (Å²) in [5.74, 6) is -1.02.